The van der Waals surface area contributed by atoms with Crippen LogP contribution in [0, 0.1) is 18.7 Å². The van der Waals surface area contributed by atoms with Gasteiger partial charge in [0.25, 0.3) is 5.91 Å². The summed E-state index contributed by atoms with van der Waals surface area (Å²) in [6.45, 7) is 2.49. The number of pyridine rings is 1. The summed E-state index contributed by atoms with van der Waals surface area (Å²) in [7, 11) is 0. The smallest absolute Gasteiger partial charge is 0.322 e. The molecule has 3 heterocycles. The number of aromatic nitrogens is 3. The molecule has 0 saturated carbocycles. The van der Waals surface area contributed by atoms with Gasteiger partial charge in [-0.15, -0.1) is 0 Å². The fourth-order valence-corrected chi connectivity index (χ4v) is 4.37. The lowest BCUT2D eigenvalue weighted by molar-refractivity contribution is -0.135. The Morgan fingerprint density at radius 3 is 2.64 bits per heavy atom. The first-order chi connectivity index (χ1) is 17.3. The molecule has 1 amide bonds. The number of nitrogens with one attached hydrogen (secondary N) is 1. The fourth-order valence-electron chi connectivity index (χ4n) is 4.37. The number of halogens is 1. The van der Waals surface area contributed by atoms with Gasteiger partial charge in [0.15, 0.2) is 11.4 Å². The van der Waals surface area contributed by atoms with Crippen LogP contribution in [0.4, 0.5) is 10.1 Å². The lowest BCUT2D eigenvalue weighted by atomic mass is 9.92. The third-order valence-electron chi connectivity index (χ3n) is 6.32. The van der Waals surface area contributed by atoms with E-state index in [1.165, 1.54) is 0 Å². The van der Waals surface area contributed by atoms with Crippen molar-refractivity contribution >= 4 is 17.6 Å². The summed E-state index contributed by atoms with van der Waals surface area (Å²) in [5.41, 5.74) is 2.47. The molecule has 0 radical (unpaired) electrons. The van der Waals surface area contributed by atoms with Gasteiger partial charge in [-0.2, -0.15) is 0 Å². The van der Waals surface area contributed by atoms with Gasteiger partial charge < -0.3 is 20.4 Å². The molecule has 1 aliphatic rings. The van der Waals surface area contributed by atoms with E-state index in [0.29, 0.717) is 24.2 Å². The van der Waals surface area contributed by atoms with Crippen LogP contribution in [0.15, 0.2) is 42.7 Å². The summed E-state index contributed by atoms with van der Waals surface area (Å²) in [6, 6.07) is 9.12. The Balaban J connectivity index is 1.36. The molecule has 1 saturated heterocycles. The standard InChI is InChI=1S/C26H28FN5O4/c1-16-25(35)24(26(36)29-15-23(33)34)31-22(30-16)12-17-6-9-32(10-7-17)20-5-4-19(21(27)13-20)11-18-3-2-8-28-14-18/h2-5,8,13-14,17,35H,6-7,9-12,15H2,1H3,(H,29,36)(H,33,34). The number of amides is 1. The predicted octanol–water partition coefficient (Wildman–Crippen LogP) is 2.89. The number of hydrogen-bond acceptors (Lipinski definition) is 7. The minimum Gasteiger partial charge on any atom is -0.504 e. The van der Waals surface area contributed by atoms with Crippen LogP contribution in [0.25, 0.3) is 0 Å². The number of aryl methyl sites for hydroxylation is 1. The molecular weight excluding hydrogens is 465 g/mol. The number of carbonyl (C=O) groups is 2. The van der Waals surface area contributed by atoms with Crippen molar-refractivity contribution in [1.29, 1.82) is 0 Å². The second-order valence-electron chi connectivity index (χ2n) is 8.95. The molecule has 188 valence electrons. The number of aliphatic carboxylic acids is 1. The third kappa shape index (κ3) is 6.12. The summed E-state index contributed by atoms with van der Waals surface area (Å²) >= 11 is 0. The van der Waals surface area contributed by atoms with Gasteiger partial charge in [0, 0.05) is 44.0 Å². The zero-order valence-corrected chi connectivity index (χ0v) is 19.9. The van der Waals surface area contributed by atoms with E-state index in [1.807, 2.05) is 24.3 Å². The van der Waals surface area contributed by atoms with Crippen molar-refractivity contribution in [1.82, 2.24) is 20.3 Å². The fraction of sp³-hybridized carbons (Fsp3) is 0.346. The number of anilines is 1. The molecule has 10 heteroatoms. The van der Waals surface area contributed by atoms with Gasteiger partial charge in [-0.05, 0) is 55.0 Å². The molecule has 3 N–H and O–H groups in total. The van der Waals surface area contributed by atoms with E-state index in [2.05, 4.69) is 25.2 Å². The zero-order chi connectivity index (χ0) is 25.7. The maximum atomic E-state index is 14.8. The van der Waals surface area contributed by atoms with Gasteiger partial charge >= 0.3 is 5.97 Å². The van der Waals surface area contributed by atoms with E-state index in [0.717, 1.165) is 37.2 Å². The molecule has 0 aliphatic carbocycles. The Kier molecular flexibility index (Phi) is 7.72. The third-order valence-corrected chi connectivity index (χ3v) is 6.32. The number of carboxylic acid groups (broad SMARTS) is 1. The van der Waals surface area contributed by atoms with Crippen LogP contribution >= 0.6 is 0 Å². The normalized spacial score (nSPS) is 14.0. The van der Waals surface area contributed by atoms with Crippen LogP contribution < -0.4 is 10.2 Å². The number of carbonyl (C=O) groups excluding carboxylic acids is 1. The van der Waals surface area contributed by atoms with Gasteiger partial charge in [0.1, 0.15) is 18.2 Å². The van der Waals surface area contributed by atoms with Crippen molar-refractivity contribution in [3.63, 3.8) is 0 Å². The average Bonchev–Trinajstić information content (AvgIpc) is 2.87. The highest BCUT2D eigenvalue weighted by molar-refractivity contribution is 5.96. The van der Waals surface area contributed by atoms with E-state index in [-0.39, 0.29) is 28.9 Å². The van der Waals surface area contributed by atoms with E-state index >= 15 is 0 Å². The summed E-state index contributed by atoms with van der Waals surface area (Å²) in [5, 5.41) is 21.1. The molecular formula is C26H28FN5O4. The zero-order valence-electron chi connectivity index (χ0n) is 19.9. The highest BCUT2D eigenvalue weighted by Gasteiger charge is 2.24. The Morgan fingerprint density at radius 1 is 1.19 bits per heavy atom. The topological polar surface area (TPSA) is 129 Å². The van der Waals surface area contributed by atoms with Crippen LogP contribution in [0.5, 0.6) is 5.75 Å². The number of benzene rings is 1. The van der Waals surface area contributed by atoms with Crippen molar-refractivity contribution in [2.45, 2.75) is 32.6 Å². The molecule has 36 heavy (non-hydrogen) atoms. The first-order valence-corrected chi connectivity index (χ1v) is 11.8. The molecule has 2 aromatic heterocycles. The highest BCUT2D eigenvalue weighted by Crippen LogP contribution is 2.28. The van der Waals surface area contributed by atoms with Crippen LogP contribution in [-0.4, -0.2) is 56.7 Å². The molecule has 0 bridgehead atoms. The Morgan fingerprint density at radius 2 is 1.97 bits per heavy atom. The van der Waals surface area contributed by atoms with E-state index in [4.69, 9.17) is 5.11 Å². The van der Waals surface area contributed by atoms with Crippen molar-refractivity contribution in [2.24, 2.45) is 5.92 Å². The molecule has 0 spiro atoms. The van der Waals surface area contributed by atoms with Gasteiger partial charge in [-0.25, -0.2) is 14.4 Å². The molecule has 0 atom stereocenters. The lowest BCUT2D eigenvalue weighted by Crippen LogP contribution is -2.34. The number of piperidine rings is 1. The first kappa shape index (κ1) is 25.0. The number of nitrogens with zero attached hydrogens (tertiary/aromatic N) is 4. The lowest BCUT2D eigenvalue weighted by Gasteiger charge is -2.33. The van der Waals surface area contributed by atoms with Crippen LogP contribution in [0.2, 0.25) is 0 Å². The summed E-state index contributed by atoms with van der Waals surface area (Å²) in [6.07, 6.45) is 6.12. The molecule has 1 aliphatic heterocycles. The number of carboxylic acids is 1. The number of hydrogen-bond donors (Lipinski definition) is 3. The number of rotatable bonds is 8. The van der Waals surface area contributed by atoms with Crippen LogP contribution in [0.3, 0.4) is 0 Å². The van der Waals surface area contributed by atoms with Crippen molar-refractivity contribution in [3.8, 4) is 5.75 Å². The van der Waals surface area contributed by atoms with Gasteiger partial charge in [-0.1, -0.05) is 12.1 Å². The van der Waals surface area contributed by atoms with Crippen molar-refractivity contribution in [2.75, 3.05) is 24.5 Å². The van der Waals surface area contributed by atoms with E-state index < -0.39 is 18.4 Å². The summed E-state index contributed by atoms with van der Waals surface area (Å²) in [4.78, 5) is 37.7. The van der Waals surface area contributed by atoms with Gasteiger partial charge in [-0.3, -0.25) is 14.6 Å². The van der Waals surface area contributed by atoms with Crippen molar-refractivity contribution < 1.29 is 24.2 Å². The van der Waals surface area contributed by atoms with Gasteiger partial charge in [0.2, 0.25) is 0 Å². The predicted molar refractivity (Wildman–Crippen MR) is 130 cm³/mol. The van der Waals surface area contributed by atoms with Crippen LogP contribution in [-0.2, 0) is 17.6 Å². The summed E-state index contributed by atoms with van der Waals surface area (Å²) in [5.74, 6) is -1.86. The molecule has 1 fully saturated rings. The average molecular weight is 494 g/mol. The molecule has 4 rings (SSSR count). The van der Waals surface area contributed by atoms with Gasteiger partial charge in [0.05, 0.1) is 5.69 Å². The molecule has 3 aromatic rings. The first-order valence-electron chi connectivity index (χ1n) is 11.8. The quantitative estimate of drug-likeness (QED) is 0.437. The SMILES string of the molecule is Cc1nc(CC2CCN(c3ccc(Cc4cccnc4)c(F)c3)CC2)nc(C(=O)NCC(=O)O)c1O. The molecule has 0 unspecified atom stereocenters. The van der Waals surface area contributed by atoms with Crippen molar-refractivity contribution in [3.05, 3.63) is 76.9 Å². The minimum absolute atomic E-state index is 0.224. The Hall–Kier alpha value is -4.08. The van der Waals surface area contributed by atoms with E-state index in [1.54, 1.807) is 25.4 Å². The molecule has 1 aromatic carbocycles. The summed E-state index contributed by atoms with van der Waals surface area (Å²) < 4.78 is 14.8. The number of aromatic hydroxyl groups is 1. The molecule has 9 nitrogen and oxygen atoms in total. The highest BCUT2D eigenvalue weighted by atomic mass is 19.1. The largest absolute Gasteiger partial charge is 0.504 e. The van der Waals surface area contributed by atoms with E-state index in [9.17, 15) is 19.1 Å². The maximum Gasteiger partial charge on any atom is 0.322 e. The monoisotopic (exact) mass is 493 g/mol. The Bertz CT molecular complexity index is 1250. The second-order valence-corrected chi connectivity index (χ2v) is 8.95. The second kappa shape index (κ2) is 11.1. The Labute approximate surface area is 208 Å². The maximum absolute atomic E-state index is 14.8. The minimum atomic E-state index is -1.19. The van der Waals surface area contributed by atoms with Crippen LogP contribution in [0.1, 0.15) is 46.0 Å².